The highest BCUT2D eigenvalue weighted by Gasteiger charge is 2.42. The van der Waals surface area contributed by atoms with Gasteiger partial charge in [-0.05, 0) is 18.1 Å². The summed E-state index contributed by atoms with van der Waals surface area (Å²) in [6.45, 7) is 2.16. The molecule has 1 atom stereocenters. The second-order valence-electron chi connectivity index (χ2n) is 3.53. The van der Waals surface area contributed by atoms with E-state index in [0.717, 1.165) is 17.9 Å². The van der Waals surface area contributed by atoms with Crippen molar-refractivity contribution in [2.45, 2.75) is 19.2 Å². The van der Waals surface area contributed by atoms with Gasteiger partial charge < -0.3 is 9.31 Å². The summed E-state index contributed by atoms with van der Waals surface area (Å²) in [4.78, 5) is 0. The molecule has 12 heavy (non-hydrogen) atoms. The van der Waals surface area contributed by atoms with E-state index in [1.807, 2.05) is 12.1 Å². The van der Waals surface area contributed by atoms with E-state index in [9.17, 15) is 0 Å². The first-order chi connectivity index (χ1) is 5.84. The molecular formula is C9H9BO2. The molecule has 1 aromatic carbocycles. The molecule has 0 radical (unpaired) electrons. The number of hydrogen-bond donors (Lipinski definition) is 0. The monoisotopic (exact) mass is 160 g/mol. The molecule has 0 saturated heterocycles. The number of para-hydroxylation sites is 1. The topological polar surface area (TPSA) is 18.5 Å². The second-order valence-corrected chi connectivity index (χ2v) is 3.53. The van der Waals surface area contributed by atoms with Crippen LogP contribution >= 0.6 is 0 Å². The molecule has 0 saturated carbocycles. The minimum absolute atomic E-state index is 0.0325. The molecule has 1 aromatic rings. The van der Waals surface area contributed by atoms with Gasteiger partial charge in [-0.25, -0.2) is 0 Å². The molecule has 0 spiro atoms. The molecule has 2 aliphatic heterocycles. The minimum Gasteiger partial charge on any atom is -0.523 e. The highest BCUT2D eigenvalue weighted by Crippen LogP contribution is 2.44. The zero-order valence-corrected chi connectivity index (χ0v) is 6.91. The summed E-state index contributed by atoms with van der Waals surface area (Å²) in [6.07, 6.45) is 1.08. The van der Waals surface area contributed by atoms with E-state index in [4.69, 9.17) is 9.31 Å². The van der Waals surface area contributed by atoms with Gasteiger partial charge >= 0.3 is 7.12 Å². The van der Waals surface area contributed by atoms with Gasteiger partial charge in [-0.15, -0.1) is 0 Å². The zero-order chi connectivity index (χ0) is 8.13. The van der Waals surface area contributed by atoms with E-state index in [2.05, 4.69) is 13.0 Å². The predicted molar refractivity (Wildman–Crippen MR) is 46.6 cm³/mol. The molecule has 3 rings (SSSR count). The average molecular weight is 160 g/mol. The summed E-state index contributed by atoms with van der Waals surface area (Å²) >= 11 is 0. The minimum atomic E-state index is -0.0325. The van der Waals surface area contributed by atoms with E-state index in [0.29, 0.717) is 5.82 Å². The van der Waals surface area contributed by atoms with Crippen molar-refractivity contribution in [1.29, 1.82) is 0 Å². The molecule has 0 aliphatic carbocycles. The number of hydrogen-bond acceptors (Lipinski definition) is 2. The van der Waals surface area contributed by atoms with Gasteiger partial charge in [0.25, 0.3) is 0 Å². The Kier molecular flexibility index (Phi) is 1.05. The summed E-state index contributed by atoms with van der Waals surface area (Å²) in [6, 6.07) is 6.11. The normalized spacial score (nSPS) is 23.4. The molecule has 2 heterocycles. The highest BCUT2D eigenvalue weighted by atomic mass is 16.6. The van der Waals surface area contributed by atoms with Gasteiger partial charge in [0.15, 0.2) is 0 Å². The van der Waals surface area contributed by atoms with Crippen LogP contribution in [0.25, 0.3) is 0 Å². The third kappa shape index (κ3) is 0.662. The second kappa shape index (κ2) is 1.97. The van der Waals surface area contributed by atoms with Gasteiger partial charge in [0.05, 0.1) is 0 Å². The largest absolute Gasteiger partial charge is 0.598 e. The summed E-state index contributed by atoms with van der Waals surface area (Å²) < 4.78 is 11.2. The van der Waals surface area contributed by atoms with Crippen molar-refractivity contribution in [3.8, 4) is 11.5 Å². The van der Waals surface area contributed by atoms with E-state index in [1.165, 1.54) is 5.56 Å². The van der Waals surface area contributed by atoms with Crippen LogP contribution in [0.5, 0.6) is 11.5 Å². The van der Waals surface area contributed by atoms with Crippen LogP contribution in [0.1, 0.15) is 12.5 Å². The maximum absolute atomic E-state index is 5.61. The lowest BCUT2D eigenvalue weighted by Crippen LogP contribution is -2.32. The van der Waals surface area contributed by atoms with Gasteiger partial charge in [-0.1, -0.05) is 19.1 Å². The molecule has 2 bridgehead atoms. The molecule has 0 N–H and O–H groups in total. The fourth-order valence-electron chi connectivity index (χ4n) is 1.89. The predicted octanol–water partition coefficient (Wildman–Crippen LogP) is 1.89. The van der Waals surface area contributed by atoms with Crippen LogP contribution < -0.4 is 9.31 Å². The lowest BCUT2D eigenvalue weighted by Gasteiger charge is -2.18. The van der Waals surface area contributed by atoms with Crippen molar-refractivity contribution in [2.24, 2.45) is 0 Å². The highest BCUT2D eigenvalue weighted by molar-refractivity contribution is 6.50. The van der Waals surface area contributed by atoms with Crippen molar-refractivity contribution >= 4 is 7.12 Å². The number of fused-ring (bicyclic) bond motifs is 1. The molecule has 3 heteroatoms. The fraction of sp³-hybridized carbons (Fsp3) is 0.333. The summed E-state index contributed by atoms with van der Waals surface area (Å²) in [5, 5.41) is 0. The first-order valence-electron chi connectivity index (χ1n) is 4.30. The Bertz CT molecular complexity index is 337. The third-order valence-corrected chi connectivity index (χ3v) is 2.54. The molecule has 1 unspecified atom stereocenters. The van der Waals surface area contributed by atoms with Gasteiger partial charge in [0.2, 0.25) is 0 Å². The van der Waals surface area contributed by atoms with E-state index >= 15 is 0 Å². The zero-order valence-electron chi connectivity index (χ0n) is 6.91. The van der Waals surface area contributed by atoms with Crippen LogP contribution in [0.15, 0.2) is 18.2 Å². The van der Waals surface area contributed by atoms with Crippen molar-refractivity contribution in [2.75, 3.05) is 0 Å². The van der Waals surface area contributed by atoms with Crippen LogP contribution in [-0.4, -0.2) is 7.12 Å². The molecule has 2 nitrogen and oxygen atoms in total. The molecule has 60 valence electrons. The first kappa shape index (κ1) is 6.41. The molecular weight excluding hydrogens is 151 g/mol. The first-order valence-corrected chi connectivity index (χ1v) is 4.30. The Morgan fingerprint density at radius 2 is 2.33 bits per heavy atom. The Morgan fingerprint density at radius 1 is 1.42 bits per heavy atom. The molecule has 0 amide bonds. The Hall–Kier alpha value is -1.12. The fourth-order valence-corrected chi connectivity index (χ4v) is 1.89. The Balaban J connectivity index is 2.22. The average Bonchev–Trinajstić information content (AvgIpc) is 2.46. The molecule has 0 fully saturated rings. The van der Waals surface area contributed by atoms with Crippen LogP contribution in [0.4, 0.5) is 0 Å². The summed E-state index contributed by atoms with van der Waals surface area (Å²) in [5.74, 6) is 2.36. The quantitative estimate of drug-likeness (QED) is 0.539. The van der Waals surface area contributed by atoms with Gasteiger partial charge in [0.1, 0.15) is 11.5 Å². The summed E-state index contributed by atoms with van der Waals surface area (Å²) in [7, 11) is -0.0325. The maximum Gasteiger partial charge on any atom is 0.598 e. The van der Waals surface area contributed by atoms with Crippen molar-refractivity contribution in [3.63, 3.8) is 0 Å². The van der Waals surface area contributed by atoms with Crippen LogP contribution in [-0.2, 0) is 6.42 Å². The molecule has 0 aromatic heterocycles. The SMILES string of the molecule is CC1Cc2cccc3c2OB1O3. The Morgan fingerprint density at radius 3 is 3.25 bits per heavy atom. The van der Waals surface area contributed by atoms with Crippen molar-refractivity contribution in [3.05, 3.63) is 23.8 Å². The summed E-state index contributed by atoms with van der Waals surface area (Å²) in [5.41, 5.74) is 1.29. The molecule has 2 aliphatic rings. The van der Waals surface area contributed by atoms with Crippen LogP contribution in [0.2, 0.25) is 5.82 Å². The van der Waals surface area contributed by atoms with Crippen LogP contribution in [0, 0.1) is 0 Å². The van der Waals surface area contributed by atoms with Crippen molar-refractivity contribution in [1.82, 2.24) is 0 Å². The lowest BCUT2D eigenvalue weighted by molar-refractivity contribution is 0.458. The Labute approximate surface area is 71.6 Å². The van der Waals surface area contributed by atoms with Gasteiger partial charge in [-0.3, -0.25) is 0 Å². The maximum atomic E-state index is 5.61. The smallest absolute Gasteiger partial charge is 0.523 e. The standard InChI is InChI=1S/C9H9BO2/c1-6-5-7-3-2-4-8-9(7)12-10(6)11-8/h2-4,6H,5H2,1H3. The lowest BCUT2D eigenvalue weighted by atomic mass is 9.69. The third-order valence-electron chi connectivity index (χ3n) is 2.54. The number of benzene rings is 1. The van der Waals surface area contributed by atoms with E-state index < -0.39 is 0 Å². The number of rotatable bonds is 0. The van der Waals surface area contributed by atoms with Crippen molar-refractivity contribution < 1.29 is 9.31 Å². The van der Waals surface area contributed by atoms with E-state index in [1.54, 1.807) is 0 Å². The van der Waals surface area contributed by atoms with Crippen LogP contribution in [0.3, 0.4) is 0 Å². The van der Waals surface area contributed by atoms with Gasteiger partial charge in [-0.2, -0.15) is 0 Å². The van der Waals surface area contributed by atoms with E-state index in [-0.39, 0.29) is 7.12 Å². The van der Waals surface area contributed by atoms with Gasteiger partial charge in [0, 0.05) is 5.82 Å².